The van der Waals surface area contributed by atoms with E-state index in [4.69, 9.17) is 14.4 Å². The standard InChI is InChI=1S/C51H33N5OSi/c1-4-17-44-39(14-1)41-27-30-53-33-46(41)55(44)35-11-9-12-37(31-35)58(38-13-10-28-52-32-38,49-20-7-8-29-54-49)36-23-21-34(22-24-36)56-45-18-5-2-15-40(45)42-25-26-48-50(51(42)56)43-16-3-6-19-47(43)57-48/h1-33H. The molecule has 0 aliphatic carbocycles. The zero-order valence-electron chi connectivity index (χ0n) is 31.2. The van der Waals surface area contributed by atoms with Gasteiger partial charge in [-0.15, -0.1) is 0 Å². The molecule has 6 heterocycles. The van der Waals surface area contributed by atoms with Crippen LogP contribution in [0.15, 0.2) is 205 Å². The third kappa shape index (κ3) is 4.62. The second-order valence-electron chi connectivity index (χ2n) is 14.8. The van der Waals surface area contributed by atoms with Gasteiger partial charge in [-0.2, -0.15) is 0 Å². The van der Waals surface area contributed by atoms with Gasteiger partial charge in [0.1, 0.15) is 11.2 Å². The first-order valence-electron chi connectivity index (χ1n) is 19.5. The first-order chi connectivity index (χ1) is 28.8. The summed E-state index contributed by atoms with van der Waals surface area (Å²) in [5.41, 5.74) is 8.43. The lowest BCUT2D eigenvalue weighted by Crippen LogP contribution is -2.75. The van der Waals surface area contributed by atoms with Crippen molar-refractivity contribution in [3.63, 3.8) is 0 Å². The lowest BCUT2D eigenvalue weighted by Gasteiger charge is -2.33. The van der Waals surface area contributed by atoms with Crippen molar-refractivity contribution in [3.05, 3.63) is 201 Å². The van der Waals surface area contributed by atoms with Crippen LogP contribution in [0.2, 0.25) is 0 Å². The van der Waals surface area contributed by atoms with Crippen molar-refractivity contribution in [2.75, 3.05) is 0 Å². The zero-order valence-corrected chi connectivity index (χ0v) is 32.2. The second-order valence-corrected chi connectivity index (χ2v) is 18.6. The average Bonchev–Trinajstić information content (AvgIpc) is 3.96. The van der Waals surface area contributed by atoms with Gasteiger partial charge in [-0.05, 0) is 94.4 Å². The first kappa shape index (κ1) is 32.6. The van der Waals surface area contributed by atoms with Crippen molar-refractivity contribution in [1.29, 1.82) is 0 Å². The molecule has 0 aliphatic heterocycles. The lowest BCUT2D eigenvalue weighted by atomic mass is 10.1. The fourth-order valence-corrected chi connectivity index (χ4v) is 14.0. The van der Waals surface area contributed by atoms with Crippen LogP contribution in [-0.4, -0.2) is 32.2 Å². The molecule has 7 heteroatoms. The van der Waals surface area contributed by atoms with E-state index < -0.39 is 8.07 Å². The van der Waals surface area contributed by atoms with Gasteiger partial charge in [-0.3, -0.25) is 15.0 Å². The van der Waals surface area contributed by atoms with E-state index in [1.807, 2.05) is 43.1 Å². The molecule has 1 unspecified atom stereocenters. The summed E-state index contributed by atoms with van der Waals surface area (Å²) < 4.78 is 11.2. The Bertz CT molecular complexity index is 3420. The van der Waals surface area contributed by atoms with E-state index in [1.54, 1.807) is 0 Å². The van der Waals surface area contributed by atoms with E-state index in [-0.39, 0.29) is 0 Å². The van der Waals surface area contributed by atoms with Crippen LogP contribution in [0.25, 0.3) is 76.9 Å². The van der Waals surface area contributed by atoms with E-state index in [1.165, 1.54) is 31.9 Å². The highest BCUT2D eigenvalue weighted by Crippen LogP contribution is 2.40. The fourth-order valence-electron chi connectivity index (χ4n) is 9.48. The van der Waals surface area contributed by atoms with Crippen molar-refractivity contribution in [1.82, 2.24) is 24.1 Å². The maximum absolute atomic E-state index is 6.42. The number of furan rings is 1. The van der Waals surface area contributed by atoms with Crippen LogP contribution >= 0.6 is 0 Å². The van der Waals surface area contributed by atoms with Crippen LogP contribution in [-0.2, 0) is 0 Å². The molecule has 0 saturated heterocycles. The third-order valence-electron chi connectivity index (χ3n) is 11.9. The second kappa shape index (κ2) is 12.7. The normalized spacial score (nSPS) is 13.0. The Labute approximate surface area is 333 Å². The predicted octanol–water partition coefficient (Wildman–Crippen LogP) is 9.34. The number of aromatic nitrogens is 5. The Hall–Kier alpha value is -7.61. The molecule has 0 amide bonds. The molecule has 12 aromatic rings. The van der Waals surface area contributed by atoms with Crippen LogP contribution < -0.4 is 20.9 Å². The van der Waals surface area contributed by atoms with Crippen LogP contribution in [0.1, 0.15) is 0 Å². The molecule has 6 aromatic carbocycles. The molecular weight excluding hydrogens is 727 g/mol. The molecule has 58 heavy (non-hydrogen) atoms. The summed E-state index contributed by atoms with van der Waals surface area (Å²) in [5.74, 6) is 0. The number of rotatable bonds is 6. The molecule has 0 aliphatic rings. The topological polar surface area (TPSA) is 61.7 Å². The highest BCUT2D eigenvalue weighted by Gasteiger charge is 2.43. The summed E-state index contributed by atoms with van der Waals surface area (Å²) in [7, 11) is -3.09. The van der Waals surface area contributed by atoms with Crippen molar-refractivity contribution >= 4 is 94.5 Å². The average molecular weight is 760 g/mol. The Morgan fingerprint density at radius 1 is 0.414 bits per heavy atom. The number of para-hydroxylation sites is 3. The molecule has 0 bridgehead atoms. The molecule has 0 N–H and O–H groups in total. The van der Waals surface area contributed by atoms with Gasteiger partial charge < -0.3 is 13.6 Å². The Balaban J connectivity index is 1.12. The number of hydrogen-bond acceptors (Lipinski definition) is 4. The van der Waals surface area contributed by atoms with Gasteiger partial charge in [-0.25, -0.2) is 0 Å². The summed E-state index contributed by atoms with van der Waals surface area (Å²) >= 11 is 0. The number of hydrogen-bond donors (Lipinski definition) is 0. The Morgan fingerprint density at radius 2 is 1.14 bits per heavy atom. The van der Waals surface area contributed by atoms with Crippen molar-refractivity contribution < 1.29 is 4.42 Å². The van der Waals surface area contributed by atoms with Gasteiger partial charge in [-0.1, -0.05) is 91.0 Å². The van der Waals surface area contributed by atoms with Gasteiger partial charge in [0.25, 0.3) is 0 Å². The number of nitrogens with zero attached hydrogens (tertiary/aromatic N) is 5. The number of pyridine rings is 3. The summed E-state index contributed by atoms with van der Waals surface area (Å²) in [5, 5.41) is 11.6. The van der Waals surface area contributed by atoms with Crippen molar-refractivity contribution in [2.24, 2.45) is 0 Å². The number of fused-ring (bicyclic) bond motifs is 10. The smallest absolute Gasteiger partial charge is 0.203 e. The van der Waals surface area contributed by atoms with E-state index in [9.17, 15) is 0 Å². The molecule has 0 fully saturated rings. The largest absolute Gasteiger partial charge is 0.456 e. The molecular formula is C51H33N5OSi. The molecule has 1 atom stereocenters. The summed E-state index contributed by atoms with van der Waals surface area (Å²) in [6.07, 6.45) is 9.66. The maximum Gasteiger partial charge on any atom is 0.203 e. The highest BCUT2D eigenvalue weighted by atomic mass is 28.3. The quantitative estimate of drug-likeness (QED) is 0.159. The highest BCUT2D eigenvalue weighted by molar-refractivity contribution is 7.19. The van der Waals surface area contributed by atoms with Crippen LogP contribution in [0.4, 0.5) is 0 Å². The van der Waals surface area contributed by atoms with E-state index in [0.717, 1.165) is 65.9 Å². The number of benzene rings is 6. The van der Waals surface area contributed by atoms with Gasteiger partial charge in [0.05, 0.1) is 33.6 Å². The zero-order chi connectivity index (χ0) is 38.2. The van der Waals surface area contributed by atoms with E-state index >= 15 is 0 Å². The third-order valence-corrected chi connectivity index (χ3v) is 16.5. The minimum absolute atomic E-state index is 0.881. The maximum atomic E-state index is 6.42. The molecule has 12 rings (SSSR count). The summed E-state index contributed by atoms with van der Waals surface area (Å²) in [6.45, 7) is 0. The monoisotopic (exact) mass is 759 g/mol. The molecule has 6 nitrogen and oxygen atoms in total. The minimum Gasteiger partial charge on any atom is -0.456 e. The van der Waals surface area contributed by atoms with Gasteiger partial charge in [0.2, 0.25) is 8.07 Å². The van der Waals surface area contributed by atoms with Gasteiger partial charge >= 0.3 is 0 Å². The van der Waals surface area contributed by atoms with Crippen LogP contribution in [0.5, 0.6) is 0 Å². The predicted molar refractivity (Wildman–Crippen MR) is 239 cm³/mol. The van der Waals surface area contributed by atoms with Gasteiger partial charge in [0.15, 0.2) is 0 Å². The fraction of sp³-hybridized carbons (Fsp3) is 0. The molecule has 272 valence electrons. The molecule has 6 aromatic heterocycles. The minimum atomic E-state index is -3.09. The lowest BCUT2D eigenvalue weighted by molar-refractivity contribution is 0.669. The Kier molecular flexibility index (Phi) is 7.15. The Morgan fingerprint density at radius 3 is 1.95 bits per heavy atom. The van der Waals surface area contributed by atoms with Crippen LogP contribution in [0, 0.1) is 0 Å². The van der Waals surface area contributed by atoms with E-state index in [2.05, 4.69) is 172 Å². The summed E-state index contributed by atoms with van der Waals surface area (Å²) in [4.78, 5) is 14.5. The van der Waals surface area contributed by atoms with Crippen molar-refractivity contribution in [2.45, 2.75) is 0 Å². The van der Waals surface area contributed by atoms with E-state index in [0.29, 0.717) is 0 Å². The van der Waals surface area contributed by atoms with Gasteiger partial charge in [0, 0.05) is 68.4 Å². The summed E-state index contributed by atoms with van der Waals surface area (Å²) in [6, 6.07) is 60.9. The SMILES string of the molecule is c1ccc([Si](c2ccc(-n3c4ccccc4c4ccc5oc6ccccc6c5c43)cc2)(c2cccnc2)c2cccc(-n3c4ccccc4c4ccncc43)c2)nc1. The molecule has 0 radical (unpaired) electrons. The van der Waals surface area contributed by atoms with Crippen LogP contribution in [0.3, 0.4) is 0 Å². The molecule has 0 spiro atoms. The molecule has 0 saturated carbocycles. The first-order valence-corrected chi connectivity index (χ1v) is 21.5. The van der Waals surface area contributed by atoms with Crippen molar-refractivity contribution in [3.8, 4) is 11.4 Å².